The van der Waals surface area contributed by atoms with Crippen LogP contribution >= 0.6 is 11.6 Å². The lowest BCUT2D eigenvalue weighted by Gasteiger charge is -2.36. The van der Waals surface area contributed by atoms with Gasteiger partial charge in [0.05, 0.1) is 43.0 Å². The van der Waals surface area contributed by atoms with Gasteiger partial charge in [-0.3, -0.25) is 4.79 Å². The van der Waals surface area contributed by atoms with Crippen LogP contribution in [0.4, 0.5) is 0 Å². The minimum absolute atomic E-state index is 0.0370. The van der Waals surface area contributed by atoms with Crippen molar-refractivity contribution in [2.45, 2.75) is 91.1 Å². The molecule has 0 aliphatic heterocycles. The van der Waals surface area contributed by atoms with E-state index >= 15 is 0 Å². The summed E-state index contributed by atoms with van der Waals surface area (Å²) in [6.45, 7) is 15.6. The van der Waals surface area contributed by atoms with E-state index in [9.17, 15) is 10.1 Å². The van der Waals surface area contributed by atoms with E-state index in [0.717, 1.165) is 47.5 Å². The van der Waals surface area contributed by atoms with Crippen LogP contribution in [-0.2, 0) is 27.0 Å². The number of ether oxygens (including phenoxy) is 1. The average Bonchev–Trinajstić information content (AvgIpc) is 3.23. The van der Waals surface area contributed by atoms with Crippen molar-refractivity contribution in [1.29, 1.82) is 5.26 Å². The lowest BCUT2D eigenvalue weighted by atomic mass is 9.96. The molecule has 0 amide bonds. The Kier molecular flexibility index (Phi) is 10.8. The van der Waals surface area contributed by atoms with Gasteiger partial charge in [-0.2, -0.15) is 5.26 Å². The van der Waals surface area contributed by atoms with E-state index in [1.54, 1.807) is 0 Å². The second-order valence-corrected chi connectivity index (χ2v) is 16.8. The van der Waals surface area contributed by atoms with Crippen LogP contribution < -0.4 is 0 Å². The van der Waals surface area contributed by atoms with Gasteiger partial charge in [-0.25, -0.2) is 4.98 Å². The summed E-state index contributed by atoms with van der Waals surface area (Å²) < 4.78 is 14.1. The first-order chi connectivity index (χ1) is 18.9. The number of carbonyl (C=O) groups is 1. The van der Waals surface area contributed by atoms with Crippen LogP contribution in [0.1, 0.15) is 82.6 Å². The molecule has 6 nitrogen and oxygen atoms in total. The predicted octanol–water partition coefficient (Wildman–Crippen LogP) is 8.48. The summed E-state index contributed by atoms with van der Waals surface area (Å²) >= 11 is 6.80. The highest BCUT2D eigenvalue weighted by atomic mass is 35.5. The van der Waals surface area contributed by atoms with E-state index < -0.39 is 8.32 Å². The Hall–Kier alpha value is -2.92. The van der Waals surface area contributed by atoms with Crippen molar-refractivity contribution in [2.24, 2.45) is 0 Å². The van der Waals surface area contributed by atoms with Crippen LogP contribution in [-0.4, -0.2) is 30.4 Å². The van der Waals surface area contributed by atoms with E-state index in [2.05, 4.69) is 51.4 Å². The van der Waals surface area contributed by atoms with Crippen LogP contribution in [0, 0.1) is 11.3 Å². The largest absolute Gasteiger partial charge is 0.466 e. The van der Waals surface area contributed by atoms with Crippen molar-refractivity contribution in [2.75, 3.05) is 6.61 Å². The first-order valence-electron chi connectivity index (χ1n) is 14.1. The minimum atomic E-state index is -2.08. The van der Waals surface area contributed by atoms with Crippen LogP contribution in [0.5, 0.6) is 0 Å². The van der Waals surface area contributed by atoms with Crippen molar-refractivity contribution in [3.05, 3.63) is 76.3 Å². The molecule has 8 heteroatoms. The van der Waals surface area contributed by atoms with Gasteiger partial charge >= 0.3 is 5.97 Å². The Morgan fingerprint density at radius 3 is 2.40 bits per heavy atom. The number of aromatic nitrogens is 2. The Morgan fingerprint density at radius 1 is 1.12 bits per heavy atom. The second kappa shape index (κ2) is 13.6. The van der Waals surface area contributed by atoms with Crippen molar-refractivity contribution < 1.29 is 14.0 Å². The lowest BCUT2D eigenvalue weighted by molar-refractivity contribution is -0.143. The molecular weight excluding hydrogens is 538 g/mol. The molecule has 3 aromatic rings. The highest BCUT2D eigenvalue weighted by Gasteiger charge is 2.38. The summed E-state index contributed by atoms with van der Waals surface area (Å²) in [7, 11) is -2.08. The van der Waals surface area contributed by atoms with Gasteiger partial charge in [0.2, 0.25) is 0 Å². The highest BCUT2D eigenvalue weighted by molar-refractivity contribution is 6.74. The smallest absolute Gasteiger partial charge is 0.308 e. The van der Waals surface area contributed by atoms with Crippen LogP contribution in [0.25, 0.3) is 11.1 Å². The number of nitrogens with zero attached hydrogens (tertiary/aromatic N) is 3. The number of rotatable bonds is 12. The number of nitriles is 1. The van der Waals surface area contributed by atoms with Gasteiger partial charge in [0.15, 0.2) is 13.5 Å². The fourth-order valence-electron chi connectivity index (χ4n) is 4.41. The average molecular weight is 580 g/mol. The number of unbranched alkanes of at least 4 members (excludes halogenated alkanes) is 1. The van der Waals surface area contributed by atoms with Crippen molar-refractivity contribution in [1.82, 2.24) is 9.55 Å². The van der Waals surface area contributed by atoms with Gasteiger partial charge in [-0.1, -0.05) is 88.2 Å². The number of hydrogen-bond donors (Lipinski definition) is 0. The molecule has 0 fully saturated rings. The van der Waals surface area contributed by atoms with Gasteiger partial charge in [0.25, 0.3) is 0 Å². The SMILES string of the molecule is CCCCc1nc(Cl)c(CO[Si](C)(C)C(C)(C)C)n1C(CC(=O)OCC)c1ccc(-c2ccccc2C#N)cc1. The summed E-state index contributed by atoms with van der Waals surface area (Å²) in [5.74, 6) is 0.558. The third-order valence-electron chi connectivity index (χ3n) is 7.80. The van der Waals surface area contributed by atoms with Gasteiger partial charge in [-0.05, 0) is 54.2 Å². The molecule has 0 radical (unpaired) electrons. The number of esters is 1. The third kappa shape index (κ3) is 7.42. The maximum absolute atomic E-state index is 12.9. The fourth-order valence-corrected chi connectivity index (χ4v) is 5.59. The van der Waals surface area contributed by atoms with E-state index in [-0.39, 0.29) is 23.5 Å². The Morgan fingerprint density at radius 2 is 1.80 bits per heavy atom. The van der Waals surface area contributed by atoms with Crippen molar-refractivity contribution in [3.63, 3.8) is 0 Å². The molecule has 1 atom stereocenters. The monoisotopic (exact) mass is 579 g/mol. The van der Waals surface area contributed by atoms with Crippen LogP contribution in [0.3, 0.4) is 0 Å². The molecule has 0 aliphatic rings. The molecule has 0 aliphatic carbocycles. The molecule has 2 aromatic carbocycles. The van der Waals surface area contributed by atoms with Crippen molar-refractivity contribution in [3.8, 4) is 17.2 Å². The number of aryl methyl sites for hydroxylation is 1. The summed E-state index contributed by atoms with van der Waals surface area (Å²) in [6.07, 6.45) is 2.84. The molecule has 1 unspecified atom stereocenters. The first kappa shape index (κ1) is 31.6. The summed E-state index contributed by atoms with van der Waals surface area (Å²) in [6, 6.07) is 17.5. The Labute approximate surface area is 245 Å². The highest BCUT2D eigenvalue weighted by Crippen LogP contribution is 2.39. The molecule has 0 bridgehead atoms. The molecule has 0 spiro atoms. The molecule has 0 saturated heterocycles. The molecule has 0 saturated carbocycles. The zero-order valence-electron chi connectivity index (χ0n) is 24.9. The van der Waals surface area contributed by atoms with E-state index in [1.807, 2.05) is 55.5 Å². The molecule has 1 heterocycles. The normalized spacial score (nSPS) is 12.7. The van der Waals surface area contributed by atoms with Gasteiger partial charge in [-0.15, -0.1) is 0 Å². The summed E-state index contributed by atoms with van der Waals surface area (Å²) in [5, 5.41) is 10.0. The van der Waals surface area contributed by atoms with Gasteiger partial charge < -0.3 is 13.7 Å². The number of carbonyl (C=O) groups excluding carboxylic acids is 1. The standard InChI is InChI=1S/C32H42ClN3O3Si/c1-8-10-15-29-35-31(33)28(22-39-40(6,7)32(3,4)5)36(29)27(20-30(37)38-9-2)24-18-16-23(17-19-24)26-14-12-11-13-25(26)21-34/h11-14,16-19,27H,8-10,15,20,22H2,1-7H3. The maximum Gasteiger partial charge on any atom is 0.308 e. The summed E-state index contributed by atoms with van der Waals surface area (Å²) in [5.41, 5.74) is 4.15. The molecule has 3 rings (SSSR count). The molecule has 0 N–H and O–H groups in total. The second-order valence-electron chi connectivity index (χ2n) is 11.6. The number of benzene rings is 2. The quantitative estimate of drug-likeness (QED) is 0.159. The van der Waals surface area contributed by atoms with Crippen molar-refractivity contribution >= 4 is 25.9 Å². The fraction of sp³-hybridized carbons (Fsp3) is 0.469. The Bertz CT molecular complexity index is 1340. The van der Waals surface area contributed by atoms with Gasteiger partial charge in [0, 0.05) is 6.42 Å². The molecule has 1 aromatic heterocycles. The molecule has 214 valence electrons. The van der Waals surface area contributed by atoms with Gasteiger partial charge in [0.1, 0.15) is 5.82 Å². The van der Waals surface area contributed by atoms with E-state index in [4.69, 9.17) is 25.7 Å². The first-order valence-corrected chi connectivity index (χ1v) is 17.4. The van der Waals surface area contributed by atoms with Crippen LogP contribution in [0.15, 0.2) is 48.5 Å². The van der Waals surface area contributed by atoms with Crippen LogP contribution in [0.2, 0.25) is 23.3 Å². The van der Waals surface area contributed by atoms with E-state index in [0.29, 0.717) is 23.9 Å². The molecule has 40 heavy (non-hydrogen) atoms. The number of imidazole rings is 1. The lowest BCUT2D eigenvalue weighted by Crippen LogP contribution is -2.40. The zero-order valence-corrected chi connectivity index (χ0v) is 26.6. The topological polar surface area (TPSA) is 77.1 Å². The van der Waals surface area contributed by atoms with E-state index in [1.165, 1.54) is 0 Å². The Balaban J connectivity index is 2.12. The summed E-state index contributed by atoms with van der Waals surface area (Å²) in [4.78, 5) is 17.7. The minimum Gasteiger partial charge on any atom is -0.466 e. The zero-order chi connectivity index (χ0) is 29.5. The third-order valence-corrected chi connectivity index (χ3v) is 12.6. The molecular formula is C32H42ClN3O3Si. The number of halogens is 1. The maximum atomic E-state index is 12.9. The predicted molar refractivity (Wildman–Crippen MR) is 164 cm³/mol. The number of hydrogen-bond acceptors (Lipinski definition) is 5.